The molecule has 0 saturated carbocycles. The van der Waals surface area contributed by atoms with Gasteiger partial charge >= 0.3 is 67.5 Å². The van der Waals surface area contributed by atoms with Crippen molar-refractivity contribution >= 4 is 16.9 Å². The quantitative estimate of drug-likeness (QED) is 0.595. The predicted molar refractivity (Wildman–Crippen MR) is 43.9 cm³/mol. The van der Waals surface area contributed by atoms with E-state index >= 15 is 0 Å². The minimum atomic E-state index is 0.571. The van der Waals surface area contributed by atoms with E-state index in [9.17, 15) is 0 Å². The molecule has 0 aliphatic heterocycles. The van der Waals surface area contributed by atoms with Crippen LogP contribution in [0.4, 0.5) is 0 Å². The summed E-state index contributed by atoms with van der Waals surface area (Å²) in [5, 5.41) is 0. The molecule has 0 rings (SSSR count). The SMILES string of the molecule is CCCC([As+])(CC)CC. The van der Waals surface area contributed by atoms with Crippen LogP contribution in [0.3, 0.4) is 0 Å². The molecule has 0 aliphatic rings. The second-order valence-corrected chi connectivity index (χ2v) is 4.67. The Kier molecular flexibility index (Phi) is 4.66. The third kappa shape index (κ3) is 3.30. The standard InChI is InChI=1S/C8H17As/c1-4-7-8(9,5-2)6-3/h4-7H2,1-3H3/q+1. The van der Waals surface area contributed by atoms with Crippen LogP contribution in [0, 0.1) is 0 Å². The van der Waals surface area contributed by atoms with E-state index in [1.54, 1.807) is 0 Å². The molecular formula is C8H17As+. The fourth-order valence-corrected chi connectivity index (χ4v) is 1.54. The van der Waals surface area contributed by atoms with Crippen LogP contribution in [0.2, 0.25) is 4.20 Å². The molecule has 0 atom stereocenters. The van der Waals surface area contributed by atoms with Gasteiger partial charge in [-0.1, -0.05) is 0 Å². The molecule has 0 unspecified atom stereocenters. The van der Waals surface area contributed by atoms with Crippen LogP contribution in [0.5, 0.6) is 0 Å². The van der Waals surface area contributed by atoms with E-state index in [1.807, 2.05) is 0 Å². The summed E-state index contributed by atoms with van der Waals surface area (Å²) in [6, 6.07) is 0. The molecular weight excluding hydrogens is 171 g/mol. The molecule has 0 spiro atoms. The van der Waals surface area contributed by atoms with Crippen molar-refractivity contribution in [3.63, 3.8) is 0 Å². The minimum absolute atomic E-state index is 0.571. The Labute approximate surface area is 67.9 Å². The molecule has 0 aromatic carbocycles. The van der Waals surface area contributed by atoms with E-state index in [4.69, 9.17) is 0 Å². The Hall–Kier alpha value is 0.558. The molecule has 0 heterocycles. The topological polar surface area (TPSA) is 0 Å². The summed E-state index contributed by atoms with van der Waals surface area (Å²) in [5.41, 5.74) is 0. The van der Waals surface area contributed by atoms with Crippen molar-refractivity contribution in [2.45, 2.75) is 50.7 Å². The van der Waals surface area contributed by atoms with E-state index in [0.29, 0.717) is 4.20 Å². The summed E-state index contributed by atoms with van der Waals surface area (Å²) in [6.45, 7) is 6.81. The summed E-state index contributed by atoms with van der Waals surface area (Å²) in [5.74, 6) is 0. The Morgan fingerprint density at radius 1 is 1.11 bits per heavy atom. The molecule has 0 saturated heterocycles. The maximum absolute atomic E-state index is 2.84. The zero-order valence-electron chi connectivity index (χ0n) is 6.78. The molecule has 0 amide bonds. The predicted octanol–water partition coefficient (Wildman–Crippen LogP) is 2.93. The fourth-order valence-electron chi connectivity index (χ4n) is 1.07. The van der Waals surface area contributed by atoms with E-state index in [2.05, 4.69) is 37.6 Å². The van der Waals surface area contributed by atoms with Crippen molar-refractivity contribution in [3.05, 3.63) is 0 Å². The second-order valence-electron chi connectivity index (χ2n) is 2.68. The van der Waals surface area contributed by atoms with E-state index in [0.717, 1.165) is 0 Å². The molecule has 9 heavy (non-hydrogen) atoms. The number of hydrogen-bond acceptors (Lipinski definition) is 0. The van der Waals surface area contributed by atoms with Crippen molar-refractivity contribution in [3.8, 4) is 0 Å². The van der Waals surface area contributed by atoms with Gasteiger partial charge in [-0.15, -0.1) is 0 Å². The van der Waals surface area contributed by atoms with Crippen LogP contribution in [0.25, 0.3) is 0 Å². The van der Waals surface area contributed by atoms with Crippen LogP contribution in [-0.4, -0.2) is 16.9 Å². The normalized spacial score (nSPS) is 12.0. The van der Waals surface area contributed by atoms with Crippen molar-refractivity contribution in [2.24, 2.45) is 0 Å². The molecule has 0 nitrogen and oxygen atoms in total. The van der Waals surface area contributed by atoms with Gasteiger partial charge < -0.3 is 0 Å². The molecule has 0 aromatic rings. The monoisotopic (exact) mass is 188 g/mol. The van der Waals surface area contributed by atoms with Crippen molar-refractivity contribution in [2.75, 3.05) is 0 Å². The van der Waals surface area contributed by atoms with Gasteiger partial charge in [-0.3, -0.25) is 0 Å². The van der Waals surface area contributed by atoms with Crippen LogP contribution in [-0.2, 0) is 0 Å². The summed E-state index contributed by atoms with van der Waals surface area (Å²) in [4.78, 5) is 0. The van der Waals surface area contributed by atoms with Gasteiger partial charge in [0, 0.05) is 0 Å². The Morgan fingerprint density at radius 2 is 1.56 bits per heavy atom. The van der Waals surface area contributed by atoms with Gasteiger partial charge in [-0.25, -0.2) is 0 Å². The number of hydrogen-bond donors (Lipinski definition) is 0. The zero-order chi connectivity index (χ0) is 7.33. The summed E-state index contributed by atoms with van der Waals surface area (Å²) in [6.07, 6.45) is 5.28. The maximum atomic E-state index is 2.84. The van der Waals surface area contributed by atoms with Crippen LogP contribution < -0.4 is 0 Å². The fraction of sp³-hybridized carbons (Fsp3) is 1.00. The van der Waals surface area contributed by atoms with Gasteiger partial charge in [0.15, 0.2) is 0 Å². The second kappa shape index (κ2) is 4.39. The van der Waals surface area contributed by atoms with E-state index < -0.39 is 0 Å². The van der Waals surface area contributed by atoms with Crippen molar-refractivity contribution in [1.29, 1.82) is 0 Å². The van der Waals surface area contributed by atoms with Gasteiger partial charge in [-0.2, -0.15) is 0 Å². The molecule has 0 bridgehead atoms. The van der Waals surface area contributed by atoms with Crippen molar-refractivity contribution in [1.82, 2.24) is 0 Å². The Morgan fingerprint density at radius 3 is 1.67 bits per heavy atom. The van der Waals surface area contributed by atoms with Crippen LogP contribution in [0.1, 0.15) is 46.5 Å². The first-order chi connectivity index (χ1) is 4.18. The molecule has 3 radical (unpaired) electrons. The molecule has 1 heteroatoms. The third-order valence-electron chi connectivity index (χ3n) is 2.03. The first-order valence-electron chi connectivity index (χ1n) is 3.91. The molecule has 53 valence electrons. The van der Waals surface area contributed by atoms with Crippen LogP contribution >= 0.6 is 0 Å². The van der Waals surface area contributed by atoms with Gasteiger partial charge in [0.2, 0.25) is 0 Å². The summed E-state index contributed by atoms with van der Waals surface area (Å²) >= 11 is 2.84. The molecule has 0 aromatic heterocycles. The summed E-state index contributed by atoms with van der Waals surface area (Å²) < 4.78 is 0.571. The third-order valence-corrected chi connectivity index (χ3v) is 3.83. The van der Waals surface area contributed by atoms with Crippen molar-refractivity contribution < 1.29 is 0 Å². The van der Waals surface area contributed by atoms with E-state index in [-0.39, 0.29) is 0 Å². The molecule has 0 aliphatic carbocycles. The first-order valence-corrected chi connectivity index (χ1v) is 4.84. The first kappa shape index (κ1) is 9.56. The van der Waals surface area contributed by atoms with Gasteiger partial charge in [0.25, 0.3) is 0 Å². The summed E-state index contributed by atoms with van der Waals surface area (Å²) in [7, 11) is 0. The molecule has 0 N–H and O–H groups in total. The van der Waals surface area contributed by atoms with E-state index in [1.165, 1.54) is 25.7 Å². The van der Waals surface area contributed by atoms with Crippen LogP contribution in [0.15, 0.2) is 0 Å². The zero-order valence-corrected chi connectivity index (χ0v) is 8.65. The van der Waals surface area contributed by atoms with Gasteiger partial charge in [-0.05, 0) is 0 Å². The van der Waals surface area contributed by atoms with Gasteiger partial charge in [0.1, 0.15) is 0 Å². The molecule has 0 fully saturated rings. The number of rotatable bonds is 4. The average molecular weight is 188 g/mol. The van der Waals surface area contributed by atoms with Gasteiger partial charge in [0.05, 0.1) is 0 Å². The Balaban J connectivity index is 3.62. The average Bonchev–Trinajstić information content (AvgIpc) is 1.89. The Bertz CT molecular complexity index is 65.0.